The number of likely N-dealkylation sites (tertiary alicyclic amines) is 1. The zero-order chi connectivity index (χ0) is 17.9. The predicted molar refractivity (Wildman–Crippen MR) is 106 cm³/mol. The summed E-state index contributed by atoms with van der Waals surface area (Å²) in [5.41, 5.74) is 4.05. The van der Waals surface area contributed by atoms with Gasteiger partial charge in [-0.25, -0.2) is 0 Å². The van der Waals surface area contributed by atoms with E-state index in [9.17, 15) is 4.79 Å². The molecule has 2 aliphatic heterocycles. The molecule has 0 radical (unpaired) electrons. The number of aryl methyl sites for hydroxylation is 1. The second kappa shape index (κ2) is 7.91. The van der Waals surface area contributed by atoms with Crippen LogP contribution < -0.4 is 0 Å². The number of hydrogen-bond acceptors (Lipinski definition) is 4. The lowest BCUT2D eigenvalue weighted by Crippen LogP contribution is -2.49. The maximum atomic E-state index is 12.5. The number of nitrogens with zero attached hydrogens (tertiary/aromatic N) is 3. The van der Waals surface area contributed by atoms with E-state index in [4.69, 9.17) is 0 Å². The van der Waals surface area contributed by atoms with Crippen LogP contribution in [0.4, 0.5) is 0 Å². The van der Waals surface area contributed by atoms with Gasteiger partial charge in [0, 0.05) is 51.6 Å². The molecule has 1 aromatic heterocycles. The van der Waals surface area contributed by atoms with Gasteiger partial charge < -0.3 is 4.90 Å². The van der Waals surface area contributed by atoms with Crippen LogP contribution in [0, 0.1) is 6.92 Å². The summed E-state index contributed by atoms with van der Waals surface area (Å²) in [6, 6.07) is 10.7. The molecule has 1 aromatic carbocycles. The number of hydrogen-bond donors (Lipinski definition) is 0. The summed E-state index contributed by atoms with van der Waals surface area (Å²) in [5, 5.41) is 4.39. The number of carbonyl (C=O) groups excluding carboxylic acids is 1. The number of benzene rings is 1. The monoisotopic (exact) mass is 369 g/mol. The fourth-order valence-electron chi connectivity index (χ4n) is 4.13. The van der Waals surface area contributed by atoms with E-state index in [1.54, 1.807) is 11.3 Å². The van der Waals surface area contributed by atoms with Crippen molar-refractivity contribution in [2.45, 2.75) is 25.8 Å². The summed E-state index contributed by atoms with van der Waals surface area (Å²) in [4.78, 5) is 19.5. The van der Waals surface area contributed by atoms with E-state index in [0.717, 1.165) is 45.9 Å². The molecular weight excluding hydrogens is 342 g/mol. The third-order valence-electron chi connectivity index (χ3n) is 5.66. The van der Waals surface area contributed by atoms with E-state index in [1.165, 1.54) is 16.7 Å². The fourth-order valence-corrected chi connectivity index (χ4v) is 4.79. The molecule has 2 saturated heterocycles. The summed E-state index contributed by atoms with van der Waals surface area (Å²) in [6.07, 6.45) is 0.656. The van der Waals surface area contributed by atoms with Crippen LogP contribution in [0.5, 0.6) is 0 Å². The highest BCUT2D eigenvalue weighted by atomic mass is 32.1. The number of thiophene rings is 1. The number of piperazine rings is 1. The third-order valence-corrected chi connectivity index (χ3v) is 6.40. The van der Waals surface area contributed by atoms with Crippen LogP contribution in [0.2, 0.25) is 0 Å². The standard InChI is InChI=1S/C21H27N3OS/c1-17-4-2-3-5-20(17)19-12-21(25)24(14-19)16-23-9-7-22(8-10-23)13-18-6-11-26-15-18/h2-6,11,15,19H,7-10,12-14,16H2,1H3. The molecule has 2 fully saturated rings. The van der Waals surface area contributed by atoms with Crippen molar-refractivity contribution in [3.8, 4) is 0 Å². The van der Waals surface area contributed by atoms with Crippen molar-refractivity contribution in [3.63, 3.8) is 0 Å². The van der Waals surface area contributed by atoms with E-state index < -0.39 is 0 Å². The van der Waals surface area contributed by atoms with Gasteiger partial charge in [-0.15, -0.1) is 0 Å². The Morgan fingerprint density at radius 2 is 1.85 bits per heavy atom. The van der Waals surface area contributed by atoms with Gasteiger partial charge in [0.25, 0.3) is 0 Å². The molecule has 1 atom stereocenters. The lowest BCUT2D eigenvalue weighted by atomic mass is 9.94. The van der Waals surface area contributed by atoms with Crippen molar-refractivity contribution >= 4 is 17.2 Å². The van der Waals surface area contributed by atoms with Crippen molar-refractivity contribution in [2.24, 2.45) is 0 Å². The molecule has 4 nitrogen and oxygen atoms in total. The third kappa shape index (κ3) is 4.00. The Morgan fingerprint density at radius 3 is 2.58 bits per heavy atom. The first kappa shape index (κ1) is 17.7. The quantitative estimate of drug-likeness (QED) is 0.810. The van der Waals surface area contributed by atoms with Crippen LogP contribution in [0.15, 0.2) is 41.1 Å². The van der Waals surface area contributed by atoms with Gasteiger partial charge >= 0.3 is 0 Å². The summed E-state index contributed by atoms with van der Waals surface area (Å²) >= 11 is 1.77. The van der Waals surface area contributed by atoms with Crippen LogP contribution in [-0.2, 0) is 11.3 Å². The molecule has 138 valence electrons. The summed E-state index contributed by atoms with van der Waals surface area (Å²) < 4.78 is 0. The minimum absolute atomic E-state index is 0.305. The smallest absolute Gasteiger partial charge is 0.224 e. The van der Waals surface area contributed by atoms with Crippen LogP contribution >= 0.6 is 11.3 Å². The summed E-state index contributed by atoms with van der Waals surface area (Å²) in [5.74, 6) is 0.655. The highest BCUT2D eigenvalue weighted by Crippen LogP contribution is 2.30. The highest BCUT2D eigenvalue weighted by molar-refractivity contribution is 7.07. The number of amides is 1. The lowest BCUT2D eigenvalue weighted by Gasteiger charge is -2.36. The topological polar surface area (TPSA) is 26.8 Å². The molecule has 2 aromatic rings. The molecule has 0 saturated carbocycles. The molecule has 0 bridgehead atoms. The number of rotatable bonds is 5. The molecule has 4 rings (SSSR count). The Morgan fingerprint density at radius 1 is 1.08 bits per heavy atom. The minimum atomic E-state index is 0.305. The van der Waals surface area contributed by atoms with Gasteiger partial charge in [0.2, 0.25) is 5.91 Å². The molecule has 1 amide bonds. The molecule has 0 spiro atoms. The van der Waals surface area contributed by atoms with E-state index in [2.05, 4.69) is 62.7 Å². The maximum Gasteiger partial charge on any atom is 0.224 e. The van der Waals surface area contributed by atoms with Crippen molar-refractivity contribution in [2.75, 3.05) is 39.4 Å². The number of carbonyl (C=O) groups is 1. The Hall–Kier alpha value is -1.69. The van der Waals surface area contributed by atoms with Crippen molar-refractivity contribution in [3.05, 3.63) is 57.8 Å². The molecule has 2 aliphatic rings. The van der Waals surface area contributed by atoms with Crippen LogP contribution in [-0.4, -0.2) is 60.0 Å². The van der Waals surface area contributed by atoms with Crippen LogP contribution in [0.3, 0.4) is 0 Å². The minimum Gasteiger partial charge on any atom is -0.329 e. The zero-order valence-electron chi connectivity index (χ0n) is 15.4. The Balaban J connectivity index is 1.28. The molecular formula is C21H27N3OS. The fraction of sp³-hybridized carbons (Fsp3) is 0.476. The molecule has 0 aliphatic carbocycles. The molecule has 5 heteroatoms. The molecule has 3 heterocycles. The van der Waals surface area contributed by atoms with Crippen molar-refractivity contribution in [1.82, 2.24) is 14.7 Å². The first-order chi connectivity index (χ1) is 12.7. The first-order valence-corrected chi connectivity index (χ1v) is 10.4. The zero-order valence-corrected chi connectivity index (χ0v) is 16.3. The summed E-state index contributed by atoms with van der Waals surface area (Å²) in [7, 11) is 0. The Bertz CT molecular complexity index is 737. The van der Waals surface area contributed by atoms with Crippen molar-refractivity contribution < 1.29 is 4.79 Å². The Kier molecular flexibility index (Phi) is 5.38. The van der Waals surface area contributed by atoms with Gasteiger partial charge in [0.05, 0.1) is 6.67 Å². The molecule has 1 unspecified atom stereocenters. The second-order valence-corrected chi connectivity index (χ2v) is 8.32. The molecule has 26 heavy (non-hydrogen) atoms. The van der Waals surface area contributed by atoms with Crippen molar-refractivity contribution in [1.29, 1.82) is 0 Å². The largest absolute Gasteiger partial charge is 0.329 e. The van der Waals surface area contributed by atoms with Crippen LogP contribution in [0.1, 0.15) is 29.0 Å². The SMILES string of the molecule is Cc1ccccc1C1CC(=O)N(CN2CCN(Cc3ccsc3)CC2)C1. The summed E-state index contributed by atoms with van der Waals surface area (Å²) in [6.45, 7) is 9.10. The maximum absolute atomic E-state index is 12.5. The normalized spacial score (nSPS) is 22.3. The van der Waals surface area contributed by atoms with Gasteiger partial charge in [0.1, 0.15) is 0 Å². The average Bonchev–Trinajstić information content (AvgIpc) is 3.27. The second-order valence-electron chi connectivity index (χ2n) is 7.54. The van der Waals surface area contributed by atoms with Gasteiger partial charge in [-0.3, -0.25) is 14.6 Å². The first-order valence-electron chi connectivity index (χ1n) is 9.48. The van der Waals surface area contributed by atoms with E-state index >= 15 is 0 Å². The average molecular weight is 370 g/mol. The van der Waals surface area contributed by atoms with Gasteiger partial charge in [-0.2, -0.15) is 11.3 Å². The predicted octanol–water partition coefficient (Wildman–Crippen LogP) is 3.15. The van der Waals surface area contributed by atoms with E-state index in [-0.39, 0.29) is 0 Å². The molecule has 0 N–H and O–H groups in total. The highest BCUT2D eigenvalue weighted by Gasteiger charge is 2.32. The van der Waals surface area contributed by atoms with Gasteiger partial charge in [-0.1, -0.05) is 24.3 Å². The van der Waals surface area contributed by atoms with Crippen LogP contribution in [0.25, 0.3) is 0 Å². The van der Waals surface area contributed by atoms with Gasteiger partial charge in [-0.05, 0) is 40.4 Å². The Labute approximate surface area is 160 Å². The van der Waals surface area contributed by atoms with E-state index in [0.29, 0.717) is 18.2 Å². The lowest BCUT2D eigenvalue weighted by molar-refractivity contribution is -0.129. The van der Waals surface area contributed by atoms with E-state index in [1.807, 2.05) is 0 Å². The van der Waals surface area contributed by atoms with Gasteiger partial charge in [0.15, 0.2) is 0 Å².